The van der Waals surface area contributed by atoms with E-state index in [-0.39, 0.29) is 41.7 Å². The number of carbonyl (C=O) groups is 3. The highest BCUT2D eigenvalue weighted by Crippen LogP contribution is 2.51. The lowest BCUT2D eigenvalue weighted by molar-refractivity contribution is -0.143. The van der Waals surface area contributed by atoms with Crippen LogP contribution in [0.5, 0.6) is 5.75 Å². The van der Waals surface area contributed by atoms with Gasteiger partial charge in [0.25, 0.3) is 0 Å². The first kappa shape index (κ1) is 21.2. The van der Waals surface area contributed by atoms with Crippen LogP contribution in [0.2, 0.25) is 0 Å². The molecule has 1 spiro atoms. The number of hydrogen-bond acceptors (Lipinski definition) is 7. The fourth-order valence-corrected chi connectivity index (χ4v) is 4.13. The van der Waals surface area contributed by atoms with Gasteiger partial charge in [0.1, 0.15) is 23.3 Å². The molecule has 4 rings (SSSR count). The van der Waals surface area contributed by atoms with Gasteiger partial charge in [-0.1, -0.05) is 48.5 Å². The molecule has 3 N–H and O–H groups in total. The molecule has 8 heteroatoms. The van der Waals surface area contributed by atoms with Gasteiger partial charge in [-0.05, 0) is 25.5 Å². The van der Waals surface area contributed by atoms with E-state index in [4.69, 9.17) is 19.9 Å². The second-order valence-electron chi connectivity index (χ2n) is 7.32. The molecule has 0 aromatic heterocycles. The Balaban J connectivity index is 1.86. The van der Waals surface area contributed by atoms with Crippen LogP contribution >= 0.6 is 0 Å². The molecule has 0 unspecified atom stereocenters. The van der Waals surface area contributed by atoms with E-state index in [1.54, 1.807) is 38.1 Å². The molecule has 2 aromatic carbocycles. The van der Waals surface area contributed by atoms with Crippen LogP contribution in [0.1, 0.15) is 25.0 Å². The molecule has 0 radical (unpaired) electrons. The fourth-order valence-electron chi connectivity index (χ4n) is 4.13. The first-order chi connectivity index (χ1) is 15.4. The Kier molecular flexibility index (Phi) is 5.44. The van der Waals surface area contributed by atoms with Gasteiger partial charge >= 0.3 is 11.9 Å². The normalized spacial score (nSPS) is 19.4. The van der Waals surface area contributed by atoms with Gasteiger partial charge in [0, 0.05) is 11.3 Å². The third-order valence-electron chi connectivity index (χ3n) is 5.42. The first-order valence-corrected chi connectivity index (χ1v) is 10.1. The van der Waals surface area contributed by atoms with Crippen LogP contribution in [0.4, 0.5) is 0 Å². The topological polar surface area (TPSA) is 117 Å². The van der Waals surface area contributed by atoms with E-state index in [0.29, 0.717) is 5.56 Å². The molecule has 8 nitrogen and oxygen atoms in total. The zero-order valence-corrected chi connectivity index (χ0v) is 17.6. The molecule has 32 heavy (non-hydrogen) atoms. The van der Waals surface area contributed by atoms with E-state index < -0.39 is 23.3 Å². The second kappa shape index (κ2) is 8.22. The van der Waals surface area contributed by atoms with Gasteiger partial charge in [-0.15, -0.1) is 0 Å². The third kappa shape index (κ3) is 3.20. The smallest absolute Gasteiger partial charge is 0.341 e. The lowest BCUT2D eigenvalue weighted by Crippen LogP contribution is -2.49. The maximum Gasteiger partial charge on any atom is 0.341 e. The number of rotatable bonds is 5. The van der Waals surface area contributed by atoms with E-state index in [2.05, 4.69) is 5.32 Å². The molecule has 164 valence electrons. The average molecular weight is 434 g/mol. The maximum absolute atomic E-state index is 13.5. The van der Waals surface area contributed by atoms with Gasteiger partial charge in [0.15, 0.2) is 0 Å². The summed E-state index contributed by atoms with van der Waals surface area (Å²) in [6.45, 7) is 3.24. The van der Waals surface area contributed by atoms with E-state index >= 15 is 0 Å². The van der Waals surface area contributed by atoms with Crippen molar-refractivity contribution in [3.63, 3.8) is 0 Å². The quantitative estimate of drug-likeness (QED) is 0.693. The first-order valence-electron chi connectivity index (χ1n) is 10.1. The standard InChI is InChI=1S/C24H22N2O6/c1-3-30-22(28)19-20(25)32-17-12-8-7-11-16(17)24(19)18(14(2)26-23(24)29)21(27)31-13-15-9-5-4-6-10-15/h4-12H,3,13,25H2,1-2H3,(H,26,29)/t24-/m0/s1. The summed E-state index contributed by atoms with van der Waals surface area (Å²) in [5.41, 5.74) is 5.32. The number of para-hydroxylation sites is 1. The van der Waals surface area contributed by atoms with Gasteiger partial charge in [0.2, 0.25) is 11.8 Å². The highest BCUT2D eigenvalue weighted by atomic mass is 16.5. The molecule has 2 aromatic rings. The van der Waals surface area contributed by atoms with Crippen molar-refractivity contribution in [2.45, 2.75) is 25.9 Å². The molecular weight excluding hydrogens is 412 g/mol. The van der Waals surface area contributed by atoms with Crippen molar-refractivity contribution in [3.05, 3.63) is 88.5 Å². The monoisotopic (exact) mass is 434 g/mol. The lowest BCUT2D eigenvalue weighted by atomic mass is 9.67. The van der Waals surface area contributed by atoms with Gasteiger partial charge in [0.05, 0.1) is 12.2 Å². The Bertz CT molecular complexity index is 1170. The molecule has 0 aliphatic carbocycles. The molecule has 0 saturated carbocycles. The van der Waals surface area contributed by atoms with Crippen LogP contribution in [0.3, 0.4) is 0 Å². The lowest BCUT2D eigenvalue weighted by Gasteiger charge is -2.35. The number of nitrogens with one attached hydrogen (secondary N) is 1. The third-order valence-corrected chi connectivity index (χ3v) is 5.42. The Hall–Kier alpha value is -4.07. The Morgan fingerprint density at radius 3 is 2.38 bits per heavy atom. The minimum Gasteiger partial charge on any atom is -0.462 e. The van der Waals surface area contributed by atoms with Crippen molar-refractivity contribution in [1.82, 2.24) is 5.32 Å². The number of esters is 2. The number of carbonyl (C=O) groups excluding carboxylic acids is 3. The summed E-state index contributed by atoms with van der Waals surface area (Å²) in [5, 5.41) is 2.68. The number of benzene rings is 2. The number of amides is 1. The van der Waals surface area contributed by atoms with Gasteiger partial charge in [-0.3, -0.25) is 4.79 Å². The molecule has 0 saturated heterocycles. The summed E-state index contributed by atoms with van der Waals surface area (Å²) < 4.78 is 16.4. The van der Waals surface area contributed by atoms with Crippen LogP contribution in [0.15, 0.2) is 77.3 Å². The summed E-state index contributed by atoms with van der Waals surface area (Å²) in [6, 6.07) is 15.7. The second-order valence-corrected chi connectivity index (χ2v) is 7.32. The molecule has 0 bridgehead atoms. The molecule has 2 heterocycles. The summed E-state index contributed by atoms with van der Waals surface area (Å²) in [7, 11) is 0. The van der Waals surface area contributed by atoms with Crippen LogP contribution in [0.25, 0.3) is 0 Å². The number of hydrogen-bond donors (Lipinski definition) is 2. The average Bonchev–Trinajstić information content (AvgIpc) is 3.03. The maximum atomic E-state index is 13.5. The van der Waals surface area contributed by atoms with E-state index in [0.717, 1.165) is 5.56 Å². The van der Waals surface area contributed by atoms with Crippen LogP contribution in [0, 0.1) is 0 Å². The van der Waals surface area contributed by atoms with Crippen molar-refractivity contribution < 1.29 is 28.6 Å². The minimum absolute atomic E-state index is 0.00714. The van der Waals surface area contributed by atoms with Crippen LogP contribution in [-0.4, -0.2) is 24.5 Å². The highest BCUT2D eigenvalue weighted by Gasteiger charge is 2.61. The zero-order valence-electron chi connectivity index (χ0n) is 17.6. The van der Waals surface area contributed by atoms with Gasteiger partial charge in [-0.2, -0.15) is 0 Å². The number of allylic oxidation sites excluding steroid dienone is 1. The van der Waals surface area contributed by atoms with Crippen molar-refractivity contribution >= 4 is 17.8 Å². The predicted octanol–water partition coefficient (Wildman–Crippen LogP) is 2.20. The minimum atomic E-state index is -1.86. The summed E-state index contributed by atoms with van der Waals surface area (Å²) in [6.07, 6.45) is 0. The molecule has 0 fully saturated rings. The van der Waals surface area contributed by atoms with Crippen molar-refractivity contribution in [2.75, 3.05) is 6.61 Å². The SMILES string of the molecule is CCOC(=O)C1=C(N)Oc2ccccc2[C@@]12C(=O)NC(C)=C2C(=O)OCc1ccccc1. The van der Waals surface area contributed by atoms with Gasteiger partial charge < -0.3 is 25.3 Å². The van der Waals surface area contributed by atoms with Crippen molar-refractivity contribution in [1.29, 1.82) is 0 Å². The number of fused-ring (bicyclic) bond motifs is 2. The number of nitrogens with two attached hydrogens (primary N) is 1. The molecule has 2 aliphatic rings. The molecular formula is C24H22N2O6. The van der Waals surface area contributed by atoms with Gasteiger partial charge in [-0.25, -0.2) is 9.59 Å². The highest BCUT2D eigenvalue weighted by molar-refractivity contribution is 6.17. The molecule has 1 atom stereocenters. The summed E-state index contributed by atoms with van der Waals surface area (Å²) in [5.74, 6) is -2.26. The van der Waals surface area contributed by atoms with E-state index in [1.165, 1.54) is 0 Å². The Morgan fingerprint density at radius 2 is 1.66 bits per heavy atom. The molecule has 2 aliphatic heterocycles. The molecule has 1 amide bonds. The Morgan fingerprint density at radius 1 is 1.00 bits per heavy atom. The fraction of sp³-hybridized carbons (Fsp3) is 0.208. The number of ether oxygens (including phenoxy) is 3. The summed E-state index contributed by atoms with van der Waals surface area (Å²) >= 11 is 0. The van der Waals surface area contributed by atoms with Crippen molar-refractivity contribution in [2.24, 2.45) is 5.73 Å². The predicted molar refractivity (Wildman–Crippen MR) is 114 cm³/mol. The van der Waals surface area contributed by atoms with Crippen molar-refractivity contribution in [3.8, 4) is 5.75 Å². The van der Waals surface area contributed by atoms with E-state index in [9.17, 15) is 14.4 Å². The zero-order chi connectivity index (χ0) is 22.9. The van der Waals surface area contributed by atoms with Crippen LogP contribution < -0.4 is 15.8 Å². The van der Waals surface area contributed by atoms with E-state index in [1.807, 2.05) is 30.3 Å². The van der Waals surface area contributed by atoms with Crippen LogP contribution in [-0.2, 0) is 35.9 Å². The Labute approximate surface area is 184 Å². The summed E-state index contributed by atoms with van der Waals surface area (Å²) in [4.78, 5) is 39.8. The largest absolute Gasteiger partial charge is 0.462 e.